The van der Waals surface area contributed by atoms with Crippen LogP contribution in [0.3, 0.4) is 0 Å². The van der Waals surface area contributed by atoms with Crippen LogP contribution in [0, 0.1) is 5.92 Å². The number of aliphatic hydroxyl groups excluding tert-OH is 1. The molecule has 0 saturated carbocycles. The van der Waals surface area contributed by atoms with Gasteiger partial charge in [0.05, 0.1) is 35.8 Å². The number of aromatic nitrogens is 2. The summed E-state index contributed by atoms with van der Waals surface area (Å²) in [4.78, 5) is 20.9. The first kappa shape index (κ1) is 18.1. The third-order valence-corrected chi connectivity index (χ3v) is 3.99. The fourth-order valence-corrected chi connectivity index (χ4v) is 2.33. The quantitative estimate of drug-likeness (QED) is 0.855. The molecule has 0 bridgehead atoms. The van der Waals surface area contributed by atoms with Crippen LogP contribution in [0.5, 0.6) is 0 Å². The Morgan fingerprint density at radius 1 is 1.21 bits per heavy atom. The Labute approximate surface area is 143 Å². The maximum atomic E-state index is 12.4. The van der Waals surface area contributed by atoms with E-state index >= 15 is 0 Å². The molecule has 24 heavy (non-hydrogen) atoms. The number of amides is 1. The number of nitrogens with one attached hydrogen (secondary N) is 1. The molecule has 0 atom stereocenters. The average molecular weight is 327 g/mol. The van der Waals surface area contributed by atoms with Gasteiger partial charge < -0.3 is 10.4 Å². The van der Waals surface area contributed by atoms with Gasteiger partial charge in [-0.1, -0.05) is 38.1 Å². The molecule has 2 aromatic rings. The minimum Gasteiger partial charge on any atom is -0.390 e. The molecule has 1 amide bonds. The van der Waals surface area contributed by atoms with Crippen molar-refractivity contribution in [1.29, 1.82) is 0 Å². The van der Waals surface area contributed by atoms with Gasteiger partial charge >= 0.3 is 0 Å². The Kier molecular flexibility index (Phi) is 5.67. The predicted octanol–water partition coefficient (Wildman–Crippen LogP) is 2.69. The zero-order valence-corrected chi connectivity index (χ0v) is 14.7. The van der Waals surface area contributed by atoms with Crippen molar-refractivity contribution in [2.45, 2.75) is 39.7 Å². The highest BCUT2D eigenvalue weighted by atomic mass is 16.3. The average Bonchev–Trinajstić information content (AvgIpc) is 2.59. The Morgan fingerprint density at radius 2 is 1.88 bits per heavy atom. The second-order valence-corrected chi connectivity index (χ2v) is 6.86. The molecule has 1 aromatic carbocycles. The summed E-state index contributed by atoms with van der Waals surface area (Å²) in [5.41, 5.74) is 2.48. The molecule has 0 saturated heterocycles. The van der Waals surface area contributed by atoms with E-state index in [-0.39, 0.29) is 12.5 Å². The van der Waals surface area contributed by atoms with E-state index in [1.54, 1.807) is 12.4 Å². The van der Waals surface area contributed by atoms with Gasteiger partial charge in [-0.3, -0.25) is 9.78 Å². The Morgan fingerprint density at radius 3 is 2.46 bits per heavy atom. The lowest BCUT2D eigenvalue weighted by Crippen LogP contribution is -2.41. The number of carbonyl (C=O) groups excluding carboxylic acids is 1. The van der Waals surface area contributed by atoms with Crippen molar-refractivity contribution < 1.29 is 9.90 Å². The number of benzene rings is 1. The van der Waals surface area contributed by atoms with E-state index in [0.29, 0.717) is 23.9 Å². The zero-order valence-electron chi connectivity index (χ0n) is 14.7. The van der Waals surface area contributed by atoms with Crippen LogP contribution in [0.2, 0.25) is 0 Å². The first-order chi connectivity index (χ1) is 11.3. The number of aliphatic hydroxyl groups is 1. The Bertz CT molecular complexity index is 694. The zero-order chi connectivity index (χ0) is 17.7. The van der Waals surface area contributed by atoms with Crippen molar-refractivity contribution in [3.05, 3.63) is 47.9 Å². The Balaban J connectivity index is 2.19. The highest BCUT2D eigenvalue weighted by molar-refractivity contribution is 5.87. The molecule has 5 nitrogen and oxygen atoms in total. The maximum Gasteiger partial charge on any atom is 0.230 e. The first-order valence-electron chi connectivity index (χ1n) is 8.15. The van der Waals surface area contributed by atoms with Crippen molar-refractivity contribution in [3.63, 3.8) is 0 Å². The molecule has 2 rings (SSSR count). The molecule has 0 aliphatic rings. The fourth-order valence-electron chi connectivity index (χ4n) is 2.33. The van der Waals surface area contributed by atoms with Gasteiger partial charge in [0.25, 0.3) is 0 Å². The van der Waals surface area contributed by atoms with Crippen LogP contribution < -0.4 is 5.32 Å². The summed E-state index contributed by atoms with van der Waals surface area (Å²) in [7, 11) is 0. The highest BCUT2D eigenvalue weighted by Gasteiger charge is 2.29. The van der Waals surface area contributed by atoms with Crippen LogP contribution in [-0.2, 0) is 16.8 Å². The van der Waals surface area contributed by atoms with Crippen molar-refractivity contribution in [2.24, 2.45) is 5.92 Å². The van der Waals surface area contributed by atoms with E-state index in [4.69, 9.17) is 5.11 Å². The third-order valence-electron chi connectivity index (χ3n) is 3.99. The second kappa shape index (κ2) is 7.53. The SMILES string of the molecule is CC(C)CNC(=O)C(C)(C)c1ccc(-c2cncc(CO)n2)cc1. The summed E-state index contributed by atoms with van der Waals surface area (Å²) >= 11 is 0. The molecule has 0 spiro atoms. The van der Waals surface area contributed by atoms with Gasteiger partial charge in [0, 0.05) is 12.1 Å². The van der Waals surface area contributed by atoms with Crippen LogP contribution in [0.15, 0.2) is 36.7 Å². The van der Waals surface area contributed by atoms with Gasteiger partial charge in [-0.05, 0) is 25.3 Å². The molecule has 5 heteroatoms. The first-order valence-corrected chi connectivity index (χ1v) is 8.15. The van der Waals surface area contributed by atoms with Crippen LogP contribution >= 0.6 is 0 Å². The van der Waals surface area contributed by atoms with E-state index in [1.165, 1.54) is 0 Å². The number of rotatable bonds is 6. The van der Waals surface area contributed by atoms with Crippen molar-refractivity contribution in [1.82, 2.24) is 15.3 Å². The molecular formula is C19H25N3O2. The van der Waals surface area contributed by atoms with Gasteiger partial charge in [-0.15, -0.1) is 0 Å². The molecule has 1 aromatic heterocycles. The summed E-state index contributed by atoms with van der Waals surface area (Å²) in [5, 5.41) is 12.2. The van der Waals surface area contributed by atoms with E-state index in [1.807, 2.05) is 38.1 Å². The lowest BCUT2D eigenvalue weighted by atomic mass is 9.83. The molecule has 0 unspecified atom stereocenters. The third kappa shape index (κ3) is 4.17. The molecule has 2 N–H and O–H groups in total. The molecule has 0 fully saturated rings. The van der Waals surface area contributed by atoms with Crippen LogP contribution in [0.4, 0.5) is 0 Å². The van der Waals surface area contributed by atoms with Gasteiger partial charge in [0.15, 0.2) is 0 Å². The number of carbonyl (C=O) groups is 1. The minimum absolute atomic E-state index is 0.0195. The van der Waals surface area contributed by atoms with Crippen LogP contribution in [0.1, 0.15) is 39.0 Å². The molecule has 0 aliphatic carbocycles. The monoisotopic (exact) mass is 327 g/mol. The maximum absolute atomic E-state index is 12.4. The summed E-state index contributed by atoms with van der Waals surface area (Å²) < 4.78 is 0. The summed E-state index contributed by atoms with van der Waals surface area (Å²) in [5.74, 6) is 0.440. The van der Waals surface area contributed by atoms with E-state index in [9.17, 15) is 4.79 Å². The van der Waals surface area contributed by atoms with Gasteiger partial charge in [0.1, 0.15) is 0 Å². The molecule has 128 valence electrons. The van der Waals surface area contributed by atoms with E-state index in [2.05, 4.69) is 29.1 Å². The van der Waals surface area contributed by atoms with Crippen molar-refractivity contribution in [3.8, 4) is 11.3 Å². The molecular weight excluding hydrogens is 302 g/mol. The van der Waals surface area contributed by atoms with E-state index in [0.717, 1.165) is 11.1 Å². The second-order valence-electron chi connectivity index (χ2n) is 6.86. The van der Waals surface area contributed by atoms with Crippen LogP contribution in [0.25, 0.3) is 11.3 Å². The standard InChI is InChI=1S/C19H25N3O2/c1-13(2)9-21-18(24)19(3,4)15-7-5-14(6-8-15)17-11-20-10-16(12-23)22-17/h5-8,10-11,13,23H,9,12H2,1-4H3,(H,21,24). The molecule has 0 radical (unpaired) electrons. The normalized spacial score (nSPS) is 11.6. The smallest absolute Gasteiger partial charge is 0.230 e. The molecule has 1 heterocycles. The number of hydrogen-bond donors (Lipinski definition) is 2. The number of nitrogens with zero attached hydrogens (tertiary/aromatic N) is 2. The largest absolute Gasteiger partial charge is 0.390 e. The van der Waals surface area contributed by atoms with Crippen molar-refractivity contribution in [2.75, 3.05) is 6.54 Å². The van der Waals surface area contributed by atoms with Gasteiger partial charge in [-0.25, -0.2) is 4.98 Å². The molecule has 0 aliphatic heterocycles. The fraction of sp³-hybridized carbons (Fsp3) is 0.421. The van der Waals surface area contributed by atoms with Gasteiger partial charge in [0.2, 0.25) is 5.91 Å². The summed E-state index contributed by atoms with van der Waals surface area (Å²) in [6, 6.07) is 7.74. The summed E-state index contributed by atoms with van der Waals surface area (Å²) in [6.45, 7) is 8.52. The summed E-state index contributed by atoms with van der Waals surface area (Å²) in [6.07, 6.45) is 3.20. The minimum atomic E-state index is -0.605. The van der Waals surface area contributed by atoms with Gasteiger partial charge in [-0.2, -0.15) is 0 Å². The van der Waals surface area contributed by atoms with Crippen molar-refractivity contribution >= 4 is 5.91 Å². The highest BCUT2D eigenvalue weighted by Crippen LogP contribution is 2.26. The van der Waals surface area contributed by atoms with E-state index < -0.39 is 5.41 Å². The topological polar surface area (TPSA) is 75.1 Å². The number of hydrogen-bond acceptors (Lipinski definition) is 4. The lowest BCUT2D eigenvalue weighted by Gasteiger charge is -2.25. The van der Waals surface area contributed by atoms with Crippen LogP contribution in [-0.4, -0.2) is 27.5 Å². The predicted molar refractivity (Wildman–Crippen MR) is 94.3 cm³/mol. The Hall–Kier alpha value is -2.27. The lowest BCUT2D eigenvalue weighted by molar-refractivity contribution is -0.125.